The van der Waals surface area contributed by atoms with Gasteiger partial charge in [-0.15, -0.1) is 0 Å². The van der Waals surface area contributed by atoms with Gasteiger partial charge in [0.1, 0.15) is 5.75 Å². The maximum Gasteiger partial charge on any atom is 0.269 e. The minimum atomic E-state index is -0.455. The van der Waals surface area contributed by atoms with E-state index in [1.54, 1.807) is 48.5 Å². The van der Waals surface area contributed by atoms with Crippen molar-refractivity contribution in [3.63, 3.8) is 0 Å². The van der Waals surface area contributed by atoms with Crippen molar-refractivity contribution in [3.8, 4) is 5.75 Å². The van der Waals surface area contributed by atoms with Gasteiger partial charge < -0.3 is 10.1 Å². The highest BCUT2D eigenvalue weighted by Crippen LogP contribution is 2.13. The summed E-state index contributed by atoms with van der Waals surface area (Å²) in [6, 6.07) is 13.2. The van der Waals surface area contributed by atoms with E-state index in [0.29, 0.717) is 41.5 Å². The quantitative estimate of drug-likeness (QED) is 0.545. The second-order valence-corrected chi connectivity index (χ2v) is 7.37. The van der Waals surface area contributed by atoms with E-state index in [1.807, 2.05) is 6.92 Å². The monoisotopic (exact) mass is 411 g/mol. The molecule has 0 bridgehead atoms. The molecule has 2 aromatic carbocycles. The van der Waals surface area contributed by atoms with Crippen molar-refractivity contribution in [1.29, 1.82) is 0 Å². The predicted molar refractivity (Wildman–Crippen MR) is 116 cm³/mol. The summed E-state index contributed by atoms with van der Waals surface area (Å²) in [4.78, 5) is 36.2. The van der Waals surface area contributed by atoms with Gasteiger partial charge in [-0.1, -0.05) is 27.2 Å². The van der Waals surface area contributed by atoms with Crippen molar-refractivity contribution in [3.05, 3.63) is 59.7 Å². The molecule has 0 aliphatic rings. The Morgan fingerprint density at radius 3 is 1.90 bits per heavy atom. The molecule has 0 atom stereocenters. The molecule has 0 radical (unpaired) electrons. The second kappa shape index (κ2) is 11.6. The molecule has 0 aliphatic carbocycles. The Morgan fingerprint density at radius 2 is 1.40 bits per heavy atom. The van der Waals surface area contributed by atoms with Gasteiger partial charge >= 0.3 is 0 Å². The zero-order chi connectivity index (χ0) is 21.9. The van der Waals surface area contributed by atoms with Crippen molar-refractivity contribution in [2.75, 3.05) is 11.9 Å². The first-order valence-electron chi connectivity index (χ1n) is 10.1. The fraction of sp³-hybridized carbons (Fsp3) is 0.348. The number of nitrogens with one attached hydrogen (secondary N) is 3. The van der Waals surface area contributed by atoms with Gasteiger partial charge in [0.25, 0.3) is 11.8 Å². The van der Waals surface area contributed by atoms with Crippen LogP contribution in [0.15, 0.2) is 48.5 Å². The fourth-order valence-electron chi connectivity index (χ4n) is 2.49. The summed E-state index contributed by atoms with van der Waals surface area (Å²) in [5.74, 6) is 0.158. The van der Waals surface area contributed by atoms with E-state index in [-0.39, 0.29) is 5.91 Å². The Kier molecular flexibility index (Phi) is 8.87. The summed E-state index contributed by atoms with van der Waals surface area (Å²) < 4.78 is 5.58. The summed E-state index contributed by atoms with van der Waals surface area (Å²) in [6.45, 7) is 6.74. The van der Waals surface area contributed by atoms with Crippen molar-refractivity contribution < 1.29 is 19.1 Å². The zero-order valence-corrected chi connectivity index (χ0v) is 17.7. The van der Waals surface area contributed by atoms with Crippen LogP contribution in [0.1, 0.15) is 60.7 Å². The molecule has 0 aromatic heterocycles. The van der Waals surface area contributed by atoms with Crippen molar-refractivity contribution in [1.82, 2.24) is 10.9 Å². The molecule has 0 saturated heterocycles. The lowest BCUT2D eigenvalue weighted by molar-refractivity contribution is -0.116. The molecule has 2 rings (SSSR count). The van der Waals surface area contributed by atoms with Crippen LogP contribution < -0.4 is 20.9 Å². The van der Waals surface area contributed by atoms with Gasteiger partial charge in [-0.05, 0) is 60.9 Å². The number of hydrogen-bond donors (Lipinski definition) is 3. The molecule has 7 heteroatoms. The molecular formula is C23H29N3O4. The summed E-state index contributed by atoms with van der Waals surface area (Å²) in [7, 11) is 0. The zero-order valence-electron chi connectivity index (χ0n) is 17.7. The third-order valence-corrected chi connectivity index (χ3v) is 4.18. The standard InChI is InChI=1S/C23H29N3O4/c1-4-5-6-21(27)24-19-11-7-17(8-12-19)22(28)25-26-23(29)18-9-13-20(14-10-18)30-15-16(2)3/h7-14,16H,4-6,15H2,1-3H3,(H,24,27)(H,25,28)(H,26,29). The minimum absolute atomic E-state index is 0.0538. The molecule has 3 amide bonds. The number of anilines is 1. The molecule has 0 fully saturated rings. The lowest BCUT2D eigenvalue weighted by Crippen LogP contribution is -2.41. The fourth-order valence-corrected chi connectivity index (χ4v) is 2.49. The van der Waals surface area contributed by atoms with Crippen LogP contribution in [0.3, 0.4) is 0 Å². The van der Waals surface area contributed by atoms with E-state index >= 15 is 0 Å². The van der Waals surface area contributed by atoms with E-state index in [0.717, 1.165) is 12.8 Å². The Labute approximate surface area is 177 Å². The average molecular weight is 412 g/mol. The highest BCUT2D eigenvalue weighted by atomic mass is 16.5. The van der Waals surface area contributed by atoms with Crippen LogP contribution in [0.4, 0.5) is 5.69 Å². The van der Waals surface area contributed by atoms with Crippen LogP contribution in [0, 0.1) is 5.92 Å². The number of amides is 3. The molecule has 3 N–H and O–H groups in total. The largest absolute Gasteiger partial charge is 0.493 e. The van der Waals surface area contributed by atoms with E-state index in [1.165, 1.54) is 0 Å². The van der Waals surface area contributed by atoms with E-state index < -0.39 is 11.8 Å². The van der Waals surface area contributed by atoms with Gasteiger partial charge in [0.2, 0.25) is 5.91 Å². The molecule has 2 aromatic rings. The number of unbranched alkanes of at least 4 members (excludes halogenated alkanes) is 1. The van der Waals surface area contributed by atoms with Crippen molar-refractivity contribution in [2.45, 2.75) is 40.0 Å². The van der Waals surface area contributed by atoms with Gasteiger partial charge in [-0.25, -0.2) is 0 Å². The van der Waals surface area contributed by atoms with Crippen molar-refractivity contribution >= 4 is 23.4 Å². The second-order valence-electron chi connectivity index (χ2n) is 7.37. The molecule has 160 valence electrons. The summed E-state index contributed by atoms with van der Waals surface area (Å²) in [5, 5.41) is 2.78. The van der Waals surface area contributed by atoms with Gasteiger partial charge in [-0.3, -0.25) is 25.2 Å². The minimum Gasteiger partial charge on any atom is -0.493 e. The number of rotatable bonds is 9. The number of carbonyl (C=O) groups is 3. The third kappa shape index (κ3) is 7.58. The van der Waals surface area contributed by atoms with Crippen LogP contribution in [-0.2, 0) is 4.79 Å². The Bertz CT molecular complexity index is 846. The lowest BCUT2D eigenvalue weighted by atomic mass is 10.2. The van der Waals surface area contributed by atoms with E-state index in [9.17, 15) is 14.4 Å². The Hall–Kier alpha value is -3.35. The van der Waals surface area contributed by atoms with Crippen LogP contribution in [-0.4, -0.2) is 24.3 Å². The predicted octanol–water partition coefficient (Wildman–Crippen LogP) is 3.92. The first-order valence-corrected chi connectivity index (χ1v) is 10.1. The Balaban J connectivity index is 1.83. The van der Waals surface area contributed by atoms with Gasteiger partial charge in [-0.2, -0.15) is 0 Å². The molecule has 30 heavy (non-hydrogen) atoms. The van der Waals surface area contributed by atoms with Crippen molar-refractivity contribution in [2.24, 2.45) is 5.92 Å². The van der Waals surface area contributed by atoms with Gasteiger partial charge in [0.15, 0.2) is 0 Å². The first kappa shape index (κ1) is 22.9. The number of benzene rings is 2. The van der Waals surface area contributed by atoms with Crippen LogP contribution in [0.2, 0.25) is 0 Å². The SMILES string of the molecule is CCCCC(=O)Nc1ccc(C(=O)NNC(=O)c2ccc(OCC(C)C)cc2)cc1. The van der Waals surface area contributed by atoms with Crippen LogP contribution in [0.5, 0.6) is 5.75 Å². The van der Waals surface area contributed by atoms with Crippen LogP contribution in [0.25, 0.3) is 0 Å². The molecule has 0 unspecified atom stereocenters. The highest BCUT2D eigenvalue weighted by Gasteiger charge is 2.10. The maximum absolute atomic E-state index is 12.2. The van der Waals surface area contributed by atoms with Gasteiger partial charge in [0, 0.05) is 23.2 Å². The first-order chi connectivity index (χ1) is 14.4. The summed E-state index contributed by atoms with van der Waals surface area (Å²) in [6.07, 6.45) is 2.25. The highest BCUT2D eigenvalue weighted by molar-refractivity contribution is 5.99. The molecule has 7 nitrogen and oxygen atoms in total. The number of hydrazine groups is 1. The molecular weight excluding hydrogens is 382 g/mol. The topological polar surface area (TPSA) is 96.5 Å². The number of carbonyl (C=O) groups excluding carboxylic acids is 3. The smallest absolute Gasteiger partial charge is 0.269 e. The number of ether oxygens (including phenoxy) is 1. The summed E-state index contributed by atoms with van der Waals surface area (Å²) >= 11 is 0. The van der Waals surface area contributed by atoms with Gasteiger partial charge in [0.05, 0.1) is 6.61 Å². The lowest BCUT2D eigenvalue weighted by Gasteiger charge is -2.10. The van der Waals surface area contributed by atoms with E-state index in [2.05, 4.69) is 30.0 Å². The molecule has 0 spiro atoms. The molecule has 0 heterocycles. The average Bonchev–Trinajstić information content (AvgIpc) is 2.75. The number of hydrogen-bond acceptors (Lipinski definition) is 4. The maximum atomic E-state index is 12.2. The van der Waals surface area contributed by atoms with Crippen LogP contribution >= 0.6 is 0 Å². The Morgan fingerprint density at radius 1 is 0.867 bits per heavy atom. The normalized spacial score (nSPS) is 10.4. The van der Waals surface area contributed by atoms with E-state index in [4.69, 9.17) is 4.74 Å². The molecule has 0 aliphatic heterocycles. The third-order valence-electron chi connectivity index (χ3n) is 4.18. The molecule has 0 saturated carbocycles. The summed E-state index contributed by atoms with van der Waals surface area (Å²) in [5.41, 5.74) is 6.15.